The third kappa shape index (κ3) is 2.11. The van der Waals surface area contributed by atoms with Crippen molar-refractivity contribution in [3.05, 3.63) is 60.7 Å². The first-order valence-corrected chi connectivity index (χ1v) is 14.2. The number of hydrogen-bond acceptors (Lipinski definition) is 0. The normalized spacial score (nSPS) is 30.1. The lowest BCUT2D eigenvalue weighted by Gasteiger charge is -2.48. The molecule has 0 amide bonds. The zero-order valence-corrected chi connectivity index (χ0v) is 14.6. The summed E-state index contributed by atoms with van der Waals surface area (Å²) in [5, 5.41) is 3.38. The molecule has 20 heavy (non-hydrogen) atoms. The summed E-state index contributed by atoms with van der Waals surface area (Å²) in [6.07, 6.45) is 2.88. The quantitative estimate of drug-likeness (QED) is 0.739. The average Bonchev–Trinajstić information content (AvgIpc) is 2.52. The molecule has 1 aliphatic rings. The lowest BCUT2D eigenvalue weighted by molar-refractivity contribution is 0.844. The van der Waals surface area contributed by atoms with E-state index in [1.54, 1.807) is 10.4 Å². The topological polar surface area (TPSA) is 0 Å². The zero-order valence-electron chi connectivity index (χ0n) is 12.6. The third-order valence-electron chi connectivity index (χ3n) is 5.64. The highest BCUT2D eigenvalue weighted by Gasteiger charge is 2.51. The SMILES string of the molecule is C[Si@@]1(c2ccccc2)CCCC[Si@@]1(C)c1ccccc1. The first-order valence-electron chi connectivity index (χ1n) is 7.78. The van der Waals surface area contributed by atoms with Gasteiger partial charge in [-0.3, -0.25) is 0 Å². The van der Waals surface area contributed by atoms with Crippen molar-refractivity contribution in [3.63, 3.8) is 0 Å². The van der Waals surface area contributed by atoms with Crippen molar-refractivity contribution in [2.75, 3.05) is 0 Å². The molecular weight excluding hydrogens is 272 g/mol. The van der Waals surface area contributed by atoms with E-state index in [9.17, 15) is 0 Å². The van der Waals surface area contributed by atoms with Gasteiger partial charge in [-0.15, -0.1) is 0 Å². The second-order valence-corrected chi connectivity index (χ2v) is 20.7. The molecule has 0 aliphatic carbocycles. The molecule has 0 N–H and O–H groups in total. The van der Waals surface area contributed by atoms with Gasteiger partial charge in [0.1, 0.15) is 0 Å². The molecule has 1 saturated heterocycles. The van der Waals surface area contributed by atoms with Crippen molar-refractivity contribution < 1.29 is 0 Å². The first kappa shape index (κ1) is 13.8. The van der Waals surface area contributed by atoms with Gasteiger partial charge in [-0.2, -0.15) is 0 Å². The molecule has 0 saturated carbocycles. The molecule has 2 aromatic carbocycles. The molecule has 0 spiro atoms. The summed E-state index contributed by atoms with van der Waals surface area (Å²) in [5.41, 5.74) is 0. The smallest absolute Gasteiger partial charge is 0.0669 e. The zero-order chi connectivity index (χ0) is 14.1. The fraction of sp³-hybridized carbons (Fsp3) is 0.333. The Bertz CT molecular complexity index is 513. The third-order valence-corrected chi connectivity index (χ3v) is 24.5. The minimum absolute atomic E-state index is 1.37. The van der Waals surface area contributed by atoms with Crippen molar-refractivity contribution in [1.82, 2.24) is 0 Å². The van der Waals surface area contributed by atoms with Gasteiger partial charge in [0.15, 0.2) is 0 Å². The van der Waals surface area contributed by atoms with E-state index < -0.39 is 15.2 Å². The van der Waals surface area contributed by atoms with Crippen molar-refractivity contribution in [3.8, 4) is 0 Å². The van der Waals surface area contributed by atoms with Gasteiger partial charge in [-0.1, -0.05) is 109 Å². The van der Waals surface area contributed by atoms with E-state index in [2.05, 4.69) is 73.8 Å². The monoisotopic (exact) mass is 296 g/mol. The van der Waals surface area contributed by atoms with Crippen LogP contribution in [0.1, 0.15) is 12.8 Å². The lowest BCUT2D eigenvalue weighted by atomic mass is 10.4. The van der Waals surface area contributed by atoms with Gasteiger partial charge in [0.2, 0.25) is 0 Å². The van der Waals surface area contributed by atoms with Gasteiger partial charge < -0.3 is 0 Å². The number of rotatable bonds is 2. The van der Waals surface area contributed by atoms with Crippen LogP contribution < -0.4 is 10.4 Å². The van der Waals surface area contributed by atoms with Crippen LogP contribution in [0, 0.1) is 0 Å². The van der Waals surface area contributed by atoms with Crippen LogP contribution in [0.3, 0.4) is 0 Å². The fourth-order valence-electron chi connectivity index (χ4n) is 4.05. The van der Waals surface area contributed by atoms with Crippen LogP contribution in [0.25, 0.3) is 0 Å². The Labute approximate surface area is 124 Å². The Morgan fingerprint density at radius 3 is 1.30 bits per heavy atom. The van der Waals surface area contributed by atoms with E-state index in [0.717, 1.165) is 0 Å². The molecule has 0 unspecified atom stereocenters. The molecule has 0 bridgehead atoms. The molecule has 2 heteroatoms. The van der Waals surface area contributed by atoms with Crippen LogP contribution in [-0.2, 0) is 0 Å². The van der Waals surface area contributed by atoms with Gasteiger partial charge >= 0.3 is 0 Å². The Morgan fingerprint density at radius 1 is 0.600 bits per heavy atom. The number of benzene rings is 2. The predicted molar refractivity (Wildman–Crippen MR) is 94.2 cm³/mol. The highest BCUT2D eigenvalue weighted by molar-refractivity contribution is 7.50. The maximum Gasteiger partial charge on any atom is 0.0824 e. The molecule has 0 aromatic heterocycles. The maximum absolute atomic E-state index is 2.67. The molecule has 3 rings (SSSR count). The summed E-state index contributed by atoms with van der Waals surface area (Å²) in [6.45, 7) is 5.33. The van der Waals surface area contributed by atoms with Gasteiger partial charge in [0.25, 0.3) is 0 Å². The molecule has 0 radical (unpaired) electrons. The summed E-state index contributed by atoms with van der Waals surface area (Å²) in [7, 11) is -2.74. The van der Waals surface area contributed by atoms with Crippen molar-refractivity contribution >= 4 is 25.6 Å². The highest BCUT2D eigenvalue weighted by atomic mass is 29.3. The van der Waals surface area contributed by atoms with Crippen molar-refractivity contribution in [2.45, 2.75) is 38.0 Å². The molecule has 2 aromatic rings. The minimum atomic E-state index is -1.37. The standard InChI is InChI=1S/C18H24Si2/c1-19(17-11-5-3-6-12-17)15-9-10-16-20(19,2)18-13-7-4-8-14-18/h3-8,11-14H,9-10,15-16H2,1-2H3/t19-,20-/m0/s1. The Hall–Kier alpha value is -1.13. The molecule has 1 fully saturated rings. The molecule has 2 atom stereocenters. The second kappa shape index (κ2) is 5.34. The summed E-state index contributed by atoms with van der Waals surface area (Å²) in [5.74, 6) is 0. The van der Waals surface area contributed by atoms with Crippen LogP contribution in [0.2, 0.25) is 25.2 Å². The predicted octanol–water partition coefficient (Wildman–Crippen LogP) is 3.83. The average molecular weight is 297 g/mol. The fourth-order valence-corrected chi connectivity index (χ4v) is 20.0. The summed E-state index contributed by atoms with van der Waals surface area (Å²) < 4.78 is 0. The summed E-state index contributed by atoms with van der Waals surface area (Å²) >= 11 is 0. The van der Waals surface area contributed by atoms with E-state index in [1.165, 1.54) is 24.9 Å². The van der Waals surface area contributed by atoms with Crippen LogP contribution >= 0.6 is 0 Å². The Balaban J connectivity index is 2.12. The number of hydrogen-bond donors (Lipinski definition) is 0. The maximum atomic E-state index is 2.67. The summed E-state index contributed by atoms with van der Waals surface area (Å²) in [4.78, 5) is 0. The van der Waals surface area contributed by atoms with Crippen LogP contribution in [0.5, 0.6) is 0 Å². The van der Waals surface area contributed by atoms with Crippen LogP contribution in [0.15, 0.2) is 60.7 Å². The van der Waals surface area contributed by atoms with E-state index >= 15 is 0 Å². The molecule has 1 heterocycles. The second-order valence-electron chi connectivity index (χ2n) is 6.60. The van der Waals surface area contributed by atoms with E-state index in [-0.39, 0.29) is 0 Å². The molecule has 104 valence electrons. The molecular formula is C18H24Si2. The Morgan fingerprint density at radius 2 is 0.950 bits per heavy atom. The van der Waals surface area contributed by atoms with Gasteiger partial charge in [-0.25, -0.2) is 0 Å². The van der Waals surface area contributed by atoms with Crippen LogP contribution in [0.4, 0.5) is 0 Å². The summed E-state index contributed by atoms with van der Waals surface area (Å²) in [6, 6.07) is 25.9. The minimum Gasteiger partial charge on any atom is -0.0669 e. The Kier molecular flexibility index (Phi) is 3.69. The van der Waals surface area contributed by atoms with Gasteiger partial charge in [0, 0.05) is 0 Å². The van der Waals surface area contributed by atoms with E-state index in [4.69, 9.17) is 0 Å². The van der Waals surface area contributed by atoms with E-state index in [1.807, 2.05) is 0 Å². The largest absolute Gasteiger partial charge is 0.0824 e. The van der Waals surface area contributed by atoms with Gasteiger partial charge in [0.05, 0.1) is 15.2 Å². The van der Waals surface area contributed by atoms with Crippen molar-refractivity contribution in [2.24, 2.45) is 0 Å². The van der Waals surface area contributed by atoms with Crippen molar-refractivity contribution in [1.29, 1.82) is 0 Å². The highest BCUT2D eigenvalue weighted by Crippen LogP contribution is 2.35. The van der Waals surface area contributed by atoms with Crippen LogP contribution in [-0.4, -0.2) is 15.2 Å². The first-order chi connectivity index (χ1) is 9.67. The van der Waals surface area contributed by atoms with Gasteiger partial charge in [-0.05, 0) is 0 Å². The lowest BCUT2D eigenvalue weighted by Crippen LogP contribution is -2.73. The molecule has 0 nitrogen and oxygen atoms in total. The van der Waals surface area contributed by atoms with E-state index in [0.29, 0.717) is 0 Å². The molecule has 1 aliphatic heterocycles.